The molecule has 0 bridgehead atoms. The third kappa shape index (κ3) is 4.76. The van der Waals surface area contributed by atoms with Crippen molar-refractivity contribution in [3.05, 3.63) is 16.1 Å². The quantitative estimate of drug-likeness (QED) is 0.722. The molecule has 0 aliphatic heterocycles. The Labute approximate surface area is 123 Å². The topological polar surface area (TPSA) is 74.2 Å². The van der Waals surface area contributed by atoms with Crippen LogP contribution in [0.2, 0.25) is 0 Å². The summed E-state index contributed by atoms with van der Waals surface area (Å²) in [5.74, 6) is 1.09. The van der Waals surface area contributed by atoms with Crippen LogP contribution in [0.4, 0.5) is 4.79 Å². The number of amides is 2. The van der Waals surface area contributed by atoms with Crippen molar-refractivity contribution < 1.29 is 9.90 Å². The van der Waals surface area contributed by atoms with Gasteiger partial charge < -0.3 is 15.7 Å². The molecule has 1 aliphatic rings. The first-order chi connectivity index (χ1) is 9.58. The first-order valence-corrected chi connectivity index (χ1v) is 8.06. The minimum atomic E-state index is -0.243. The summed E-state index contributed by atoms with van der Waals surface area (Å²) < 4.78 is 0. The van der Waals surface area contributed by atoms with Crippen molar-refractivity contribution in [2.24, 2.45) is 5.92 Å². The highest BCUT2D eigenvalue weighted by Crippen LogP contribution is 2.40. The monoisotopic (exact) mass is 297 g/mol. The molecule has 0 spiro atoms. The second-order valence-electron chi connectivity index (χ2n) is 5.78. The summed E-state index contributed by atoms with van der Waals surface area (Å²) in [4.78, 5) is 16.3. The Morgan fingerprint density at radius 3 is 2.90 bits per heavy atom. The van der Waals surface area contributed by atoms with Gasteiger partial charge in [-0.15, -0.1) is 11.3 Å². The molecule has 2 amide bonds. The number of rotatable bonds is 7. The van der Waals surface area contributed by atoms with Gasteiger partial charge in [-0.05, 0) is 25.2 Å². The Morgan fingerprint density at radius 2 is 2.30 bits per heavy atom. The number of nitrogens with zero attached hydrogens (tertiary/aromatic N) is 1. The molecule has 1 unspecified atom stereocenters. The highest BCUT2D eigenvalue weighted by Gasteiger charge is 2.26. The van der Waals surface area contributed by atoms with E-state index in [-0.39, 0.29) is 18.7 Å². The van der Waals surface area contributed by atoms with Crippen LogP contribution in [0.15, 0.2) is 5.38 Å². The van der Waals surface area contributed by atoms with E-state index in [2.05, 4.69) is 34.8 Å². The number of aliphatic hydroxyl groups is 1. The summed E-state index contributed by atoms with van der Waals surface area (Å²) in [6, 6.07) is -0.429. The Hall–Kier alpha value is -1.14. The summed E-state index contributed by atoms with van der Waals surface area (Å²) >= 11 is 1.59. The van der Waals surface area contributed by atoms with Crippen LogP contribution in [0.5, 0.6) is 0 Å². The van der Waals surface area contributed by atoms with Crippen LogP contribution in [-0.4, -0.2) is 28.8 Å². The van der Waals surface area contributed by atoms with Gasteiger partial charge in [0, 0.05) is 11.3 Å². The summed E-state index contributed by atoms with van der Waals surface area (Å²) in [5, 5.41) is 17.8. The smallest absolute Gasteiger partial charge is 0.315 e. The number of aliphatic hydroxyl groups excluding tert-OH is 1. The minimum Gasteiger partial charge on any atom is -0.394 e. The standard InChI is InChI=1S/C14H23N3O2S/c1-9(2)5-11(7-18)16-14(19)15-6-13-17-12(8-20-13)10-3-4-10/h8-11,18H,3-7H2,1-2H3,(H2,15,16,19). The number of aromatic nitrogens is 1. The maximum atomic E-state index is 11.8. The summed E-state index contributed by atoms with van der Waals surface area (Å²) in [6.45, 7) is 4.55. The van der Waals surface area contributed by atoms with Crippen LogP contribution in [-0.2, 0) is 6.54 Å². The average Bonchev–Trinajstić information content (AvgIpc) is 3.14. The normalized spacial score (nSPS) is 16.2. The molecule has 1 aliphatic carbocycles. The molecule has 0 aromatic carbocycles. The number of thiazole rings is 1. The van der Waals surface area contributed by atoms with Crippen molar-refractivity contribution in [1.82, 2.24) is 15.6 Å². The third-order valence-corrected chi connectivity index (χ3v) is 4.14. The van der Waals surface area contributed by atoms with Crippen molar-refractivity contribution in [2.75, 3.05) is 6.61 Å². The van der Waals surface area contributed by atoms with Gasteiger partial charge in [-0.25, -0.2) is 9.78 Å². The molecular weight excluding hydrogens is 274 g/mol. The van der Waals surface area contributed by atoms with Crippen LogP contribution in [0.1, 0.15) is 49.7 Å². The van der Waals surface area contributed by atoms with E-state index >= 15 is 0 Å². The molecule has 0 radical (unpaired) electrons. The van der Waals surface area contributed by atoms with Crippen LogP contribution in [0.3, 0.4) is 0 Å². The zero-order valence-corrected chi connectivity index (χ0v) is 12.9. The van der Waals surface area contributed by atoms with E-state index in [0.29, 0.717) is 18.4 Å². The van der Waals surface area contributed by atoms with Crippen molar-refractivity contribution in [1.29, 1.82) is 0 Å². The van der Waals surface area contributed by atoms with Crippen molar-refractivity contribution >= 4 is 17.4 Å². The average molecular weight is 297 g/mol. The Balaban J connectivity index is 1.73. The molecule has 0 saturated heterocycles. The molecule has 6 heteroatoms. The van der Waals surface area contributed by atoms with Gasteiger partial charge in [0.15, 0.2) is 0 Å². The fourth-order valence-corrected chi connectivity index (χ4v) is 2.93. The van der Waals surface area contributed by atoms with Crippen LogP contribution < -0.4 is 10.6 Å². The van der Waals surface area contributed by atoms with E-state index in [1.807, 2.05) is 0 Å². The molecule has 1 aromatic rings. The Kier molecular flexibility index (Phi) is 5.37. The Bertz CT molecular complexity index is 443. The molecule has 1 aromatic heterocycles. The molecular formula is C14H23N3O2S. The van der Waals surface area contributed by atoms with E-state index in [9.17, 15) is 9.90 Å². The van der Waals surface area contributed by atoms with Gasteiger partial charge >= 0.3 is 6.03 Å². The predicted molar refractivity (Wildman–Crippen MR) is 79.8 cm³/mol. The number of nitrogens with one attached hydrogen (secondary N) is 2. The fraction of sp³-hybridized carbons (Fsp3) is 0.714. The lowest BCUT2D eigenvalue weighted by Crippen LogP contribution is -2.44. The third-order valence-electron chi connectivity index (χ3n) is 3.28. The SMILES string of the molecule is CC(C)CC(CO)NC(=O)NCc1nc(C2CC2)cs1. The second-order valence-corrected chi connectivity index (χ2v) is 6.72. The van der Waals surface area contributed by atoms with E-state index in [1.54, 1.807) is 11.3 Å². The molecule has 112 valence electrons. The van der Waals surface area contributed by atoms with Crippen LogP contribution in [0, 0.1) is 5.92 Å². The van der Waals surface area contributed by atoms with Gasteiger partial charge in [0.25, 0.3) is 0 Å². The maximum Gasteiger partial charge on any atom is 0.315 e. The number of carbonyl (C=O) groups excluding carboxylic acids is 1. The summed E-state index contributed by atoms with van der Waals surface area (Å²) in [7, 11) is 0. The van der Waals surface area contributed by atoms with Crippen molar-refractivity contribution in [3.8, 4) is 0 Å². The number of hydrogen-bond acceptors (Lipinski definition) is 4. The highest BCUT2D eigenvalue weighted by molar-refractivity contribution is 7.09. The maximum absolute atomic E-state index is 11.8. The van der Waals surface area contributed by atoms with Crippen molar-refractivity contribution in [2.45, 2.75) is 51.6 Å². The fourth-order valence-electron chi connectivity index (χ4n) is 2.11. The van der Waals surface area contributed by atoms with Crippen LogP contribution in [0.25, 0.3) is 0 Å². The number of hydrogen-bond donors (Lipinski definition) is 3. The molecule has 5 nitrogen and oxygen atoms in total. The zero-order chi connectivity index (χ0) is 14.5. The van der Waals surface area contributed by atoms with Gasteiger partial charge in [-0.3, -0.25) is 0 Å². The van der Waals surface area contributed by atoms with E-state index in [0.717, 1.165) is 11.4 Å². The molecule has 1 heterocycles. The lowest BCUT2D eigenvalue weighted by Gasteiger charge is -2.18. The largest absolute Gasteiger partial charge is 0.394 e. The highest BCUT2D eigenvalue weighted by atomic mass is 32.1. The first-order valence-electron chi connectivity index (χ1n) is 7.18. The van der Waals surface area contributed by atoms with Gasteiger partial charge in [0.1, 0.15) is 5.01 Å². The van der Waals surface area contributed by atoms with Crippen LogP contribution >= 0.6 is 11.3 Å². The lowest BCUT2D eigenvalue weighted by atomic mass is 10.0. The molecule has 1 fully saturated rings. The lowest BCUT2D eigenvalue weighted by molar-refractivity contribution is 0.206. The minimum absolute atomic E-state index is 0.0331. The van der Waals surface area contributed by atoms with Gasteiger partial charge in [-0.2, -0.15) is 0 Å². The molecule has 20 heavy (non-hydrogen) atoms. The van der Waals surface area contributed by atoms with Gasteiger partial charge in [-0.1, -0.05) is 13.8 Å². The van der Waals surface area contributed by atoms with E-state index in [4.69, 9.17) is 0 Å². The van der Waals surface area contributed by atoms with Crippen molar-refractivity contribution in [3.63, 3.8) is 0 Å². The number of carbonyl (C=O) groups is 1. The van der Waals surface area contributed by atoms with E-state index in [1.165, 1.54) is 18.5 Å². The Morgan fingerprint density at radius 1 is 1.55 bits per heavy atom. The second kappa shape index (κ2) is 7.04. The van der Waals surface area contributed by atoms with E-state index < -0.39 is 0 Å². The summed E-state index contributed by atoms with van der Waals surface area (Å²) in [6.07, 6.45) is 3.25. The first kappa shape index (κ1) is 15.3. The van der Waals surface area contributed by atoms with Gasteiger partial charge in [0.05, 0.1) is 24.9 Å². The molecule has 1 saturated carbocycles. The number of urea groups is 1. The van der Waals surface area contributed by atoms with Gasteiger partial charge in [0.2, 0.25) is 0 Å². The molecule has 3 N–H and O–H groups in total. The summed E-state index contributed by atoms with van der Waals surface area (Å²) in [5.41, 5.74) is 1.17. The molecule has 1 atom stereocenters. The molecule has 2 rings (SSSR count). The zero-order valence-electron chi connectivity index (χ0n) is 12.1. The predicted octanol–water partition coefficient (Wildman–Crippen LogP) is 2.23.